The van der Waals surface area contributed by atoms with E-state index in [1.165, 1.54) is 6.20 Å². The number of alkyl halides is 1. The van der Waals surface area contributed by atoms with E-state index in [-0.39, 0.29) is 10.9 Å². The van der Waals surface area contributed by atoms with E-state index in [2.05, 4.69) is 4.98 Å². The molecule has 1 unspecified atom stereocenters. The standard InChI is InChI=1S/C13H14ClNO3S/c1-9(8-14)19(16,17)13-12-4-3-11(18-2)7-10(12)5-6-15-13/h3-7,9H,8H2,1-2H3. The van der Waals surface area contributed by atoms with Gasteiger partial charge in [-0.25, -0.2) is 13.4 Å². The molecule has 2 rings (SSSR count). The first-order valence-corrected chi connectivity index (χ1v) is 7.81. The van der Waals surface area contributed by atoms with Crippen molar-refractivity contribution in [1.82, 2.24) is 4.98 Å². The molecule has 1 aromatic carbocycles. The maximum absolute atomic E-state index is 12.4. The largest absolute Gasteiger partial charge is 0.497 e. The van der Waals surface area contributed by atoms with Crippen LogP contribution in [0.25, 0.3) is 10.8 Å². The highest BCUT2D eigenvalue weighted by Crippen LogP contribution is 2.27. The Kier molecular flexibility index (Phi) is 3.96. The third-order valence-electron chi connectivity index (χ3n) is 2.95. The summed E-state index contributed by atoms with van der Waals surface area (Å²) in [5.41, 5.74) is 0. The Morgan fingerprint density at radius 1 is 1.37 bits per heavy atom. The van der Waals surface area contributed by atoms with Crippen LogP contribution in [0.4, 0.5) is 0 Å². The number of fused-ring (bicyclic) bond motifs is 1. The highest BCUT2D eigenvalue weighted by atomic mass is 35.5. The van der Waals surface area contributed by atoms with Crippen molar-refractivity contribution < 1.29 is 13.2 Å². The fourth-order valence-electron chi connectivity index (χ4n) is 1.76. The second-order valence-corrected chi connectivity index (χ2v) is 6.80. The van der Waals surface area contributed by atoms with Crippen molar-refractivity contribution in [1.29, 1.82) is 0 Å². The molecule has 0 spiro atoms. The van der Waals surface area contributed by atoms with Crippen molar-refractivity contribution in [2.24, 2.45) is 0 Å². The van der Waals surface area contributed by atoms with Crippen molar-refractivity contribution in [3.05, 3.63) is 30.5 Å². The maximum atomic E-state index is 12.4. The molecular weight excluding hydrogens is 286 g/mol. The van der Waals surface area contributed by atoms with Gasteiger partial charge in [0.05, 0.1) is 12.4 Å². The normalized spacial score (nSPS) is 13.4. The van der Waals surface area contributed by atoms with Crippen LogP contribution in [0.5, 0.6) is 5.75 Å². The molecule has 1 heterocycles. The zero-order chi connectivity index (χ0) is 14.0. The van der Waals surface area contributed by atoms with Crippen molar-refractivity contribution in [2.45, 2.75) is 17.2 Å². The first-order valence-electron chi connectivity index (χ1n) is 5.73. The quantitative estimate of drug-likeness (QED) is 0.814. The molecule has 4 nitrogen and oxygen atoms in total. The maximum Gasteiger partial charge on any atom is 0.199 e. The summed E-state index contributed by atoms with van der Waals surface area (Å²) in [6.07, 6.45) is 1.48. The third-order valence-corrected chi connectivity index (χ3v) is 5.69. The zero-order valence-corrected chi connectivity index (χ0v) is 12.2. The molecule has 0 aliphatic rings. The fraction of sp³-hybridized carbons (Fsp3) is 0.308. The monoisotopic (exact) mass is 299 g/mol. The molecule has 1 atom stereocenters. The van der Waals surface area contributed by atoms with E-state index >= 15 is 0 Å². The number of rotatable bonds is 4. The molecule has 0 aliphatic heterocycles. The predicted molar refractivity (Wildman–Crippen MR) is 75.7 cm³/mol. The molecule has 0 radical (unpaired) electrons. The van der Waals surface area contributed by atoms with Crippen molar-refractivity contribution in [2.75, 3.05) is 13.0 Å². The average molecular weight is 300 g/mol. The first kappa shape index (κ1) is 14.1. The number of aromatic nitrogens is 1. The Morgan fingerprint density at radius 3 is 2.74 bits per heavy atom. The van der Waals surface area contributed by atoms with Gasteiger partial charge < -0.3 is 4.74 Å². The van der Waals surface area contributed by atoms with Crippen LogP contribution < -0.4 is 4.74 Å². The van der Waals surface area contributed by atoms with Gasteiger partial charge in [-0.3, -0.25) is 0 Å². The molecule has 0 saturated heterocycles. The number of halogens is 1. The number of hydrogen-bond acceptors (Lipinski definition) is 4. The second-order valence-electron chi connectivity index (χ2n) is 4.21. The van der Waals surface area contributed by atoms with Crippen LogP contribution in [0.1, 0.15) is 6.92 Å². The van der Waals surface area contributed by atoms with Gasteiger partial charge in [0.25, 0.3) is 0 Å². The van der Waals surface area contributed by atoms with E-state index in [4.69, 9.17) is 16.3 Å². The molecule has 0 amide bonds. The lowest BCUT2D eigenvalue weighted by atomic mass is 10.2. The number of ether oxygens (including phenoxy) is 1. The molecule has 19 heavy (non-hydrogen) atoms. The Balaban J connectivity index is 2.69. The number of sulfone groups is 1. The first-order chi connectivity index (χ1) is 9.00. The molecule has 0 saturated carbocycles. The average Bonchev–Trinajstić information content (AvgIpc) is 2.44. The Bertz CT molecular complexity index is 700. The number of benzene rings is 1. The molecule has 0 fully saturated rings. The summed E-state index contributed by atoms with van der Waals surface area (Å²) >= 11 is 5.66. The summed E-state index contributed by atoms with van der Waals surface area (Å²) < 4.78 is 29.8. The SMILES string of the molecule is COc1ccc2c(S(=O)(=O)C(C)CCl)nccc2c1. The van der Waals surface area contributed by atoms with E-state index in [0.29, 0.717) is 11.1 Å². The molecule has 1 aromatic heterocycles. The minimum atomic E-state index is -3.52. The van der Waals surface area contributed by atoms with E-state index in [1.54, 1.807) is 38.3 Å². The summed E-state index contributed by atoms with van der Waals surface area (Å²) in [7, 11) is -1.95. The summed E-state index contributed by atoms with van der Waals surface area (Å²) in [6.45, 7) is 1.58. The fourth-order valence-corrected chi connectivity index (χ4v) is 3.50. The van der Waals surface area contributed by atoms with Crippen molar-refractivity contribution in [3.63, 3.8) is 0 Å². The van der Waals surface area contributed by atoms with Crippen LogP contribution in [0.2, 0.25) is 0 Å². The van der Waals surface area contributed by atoms with Gasteiger partial charge in [-0.2, -0.15) is 0 Å². The Morgan fingerprint density at radius 2 is 2.11 bits per heavy atom. The van der Waals surface area contributed by atoms with Gasteiger partial charge >= 0.3 is 0 Å². The van der Waals surface area contributed by atoms with Gasteiger partial charge in [-0.1, -0.05) is 0 Å². The van der Waals surface area contributed by atoms with E-state index in [1.807, 2.05) is 0 Å². The van der Waals surface area contributed by atoms with Crippen LogP contribution in [0, 0.1) is 0 Å². The summed E-state index contributed by atoms with van der Waals surface area (Å²) in [6, 6.07) is 6.95. The molecular formula is C13H14ClNO3S. The van der Waals surface area contributed by atoms with Crippen molar-refractivity contribution in [3.8, 4) is 5.75 Å². The van der Waals surface area contributed by atoms with E-state index in [9.17, 15) is 8.42 Å². The lowest BCUT2D eigenvalue weighted by molar-refractivity contribution is 0.415. The molecule has 6 heteroatoms. The van der Waals surface area contributed by atoms with Gasteiger partial charge in [0.15, 0.2) is 14.9 Å². The third kappa shape index (κ3) is 2.53. The van der Waals surface area contributed by atoms with Crippen LogP contribution >= 0.6 is 11.6 Å². The van der Waals surface area contributed by atoms with Crippen LogP contribution in [-0.2, 0) is 9.84 Å². The number of nitrogens with zero attached hydrogens (tertiary/aromatic N) is 1. The number of methoxy groups -OCH3 is 1. The van der Waals surface area contributed by atoms with E-state index < -0.39 is 15.1 Å². The molecule has 0 N–H and O–H groups in total. The van der Waals surface area contributed by atoms with Crippen LogP contribution in [-0.4, -0.2) is 31.6 Å². The topological polar surface area (TPSA) is 56.3 Å². The van der Waals surface area contributed by atoms with Gasteiger partial charge in [-0.05, 0) is 36.6 Å². The highest BCUT2D eigenvalue weighted by Gasteiger charge is 2.25. The zero-order valence-electron chi connectivity index (χ0n) is 10.6. The van der Waals surface area contributed by atoms with Gasteiger partial charge in [0.1, 0.15) is 5.75 Å². The lowest BCUT2D eigenvalue weighted by Crippen LogP contribution is -2.20. The Hall–Kier alpha value is -1.33. The molecule has 2 aromatic rings. The van der Waals surface area contributed by atoms with Gasteiger partial charge in [-0.15, -0.1) is 11.6 Å². The summed E-state index contributed by atoms with van der Waals surface area (Å²) in [4.78, 5) is 4.02. The van der Waals surface area contributed by atoms with Gasteiger partial charge in [0.2, 0.25) is 0 Å². The summed E-state index contributed by atoms with van der Waals surface area (Å²) in [5, 5.41) is 0.755. The lowest BCUT2D eigenvalue weighted by Gasteiger charge is -2.11. The predicted octanol–water partition coefficient (Wildman–Crippen LogP) is 2.64. The molecule has 0 bridgehead atoms. The number of pyridine rings is 1. The molecule has 102 valence electrons. The Labute approximate surface area is 117 Å². The second kappa shape index (κ2) is 5.35. The van der Waals surface area contributed by atoms with E-state index in [0.717, 1.165) is 5.39 Å². The summed E-state index contributed by atoms with van der Waals surface area (Å²) in [5.74, 6) is 0.712. The molecule has 0 aliphatic carbocycles. The minimum absolute atomic E-state index is 0.0382. The number of hydrogen-bond donors (Lipinski definition) is 0. The minimum Gasteiger partial charge on any atom is -0.497 e. The van der Waals surface area contributed by atoms with Gasteiger partial charge in [0, 0.05) is 17.5 Å². The van der Waals surface area contributed by atoms with Crippen LogP contribution in [0.3, 0.4) is 0 Å². The smallest absolute Gasteiger partial charge is 0.199 e. The van der Waals surface area contributed by atoms with Crippen molar-refractivity contribution >= 4 is 32.2 Å². The van der Waals surface area contributed by atoms with Crippen LogP contribution in [0.15, 0.2) is 35.5 Å². The highest BCUT2D eigenvalue weighted by molar-refractivity contribution is 7.92.